The van der Waals surface area contributed by atoms with Crippen molar-refractivity contribution in [2.24, 2.45) is 5.41 Å². The van der Waals surface area contributed by atoms with Gasteiger partial charge in [0.15, 0.2) is 0 Å². The molecule has 2 rings (SSSR count). The van der Waals surface area contributed by atoms with Gasteiger partial charge in [-0.15, -0.1) is 11.8 Å². The first kappa shape index (κ1) is 16.4. The number of pyridine rings is 1. The van der Waals surface area contributed by atoms with Crippen LogP contribution in [0.3, 0.4) is 0 Å². The zero-order valence-corrected chi connectivity index (χ0v) is 12.7. The molecule has 0 radical (unpaired) electrons. The van der Waals surface area contributed by atoms with Crippen LogP contribution in [0.1, 0.15) is 24.8 Å². The molecule has 0 saturated heterocycles. The third-order valence-electron chi connectivity index (χ3n) is 3.35. The van der Waals surface area contributed by atoms with Gasteiger partial charge in [-0.25, -0.2) is 4.98 Å². The number of hydrogen-bond donors (Lipinski definition) is 0. The number of carbonyl (C=O) groups is 1. The van der Waals surface area contributed by atoms with Crippen molar-refractivity contribution in [3.63, 3.8) is 0 Å². The van der Waals surface area contributed by atoms with E-state index in [0.717, 1.165) is 25.1 Å². The Bertz CT molecular complexity index is 547. The van der Waals surface area contributed by atoms with Gasteiger partial charge in [0, 0.05) is 11.9 Å². The second kappa shape index (κ2) is 6.04. The molecule has 1 heterocycles. The van der Waals surface area contributed by atoms with Gasteiger partial charge in [-0.2, -0.15) is 13.2 Å². The molecule has 0 aromatic carbocycles. The smallest absolute Gasteiger partial charge is 0.417 e. The van der Waals surface area contributed by atoms with Crippen LogP contribution in [0.15, 0.2) is 17.3 Å². The van der Waals surface area contributed by atoms with Gasteiger partial charge in [-0.1, -0.05) is 11.6 Å². The summed E-state index contributed by atoms with van der Waals surface area (Å²) in [5.41, 5.74) is -1.00. The van der Waals surface area contributed by atoms with Crippen LogP contribution < -0.4 is 0 Å². The summed E-state index contributed by atoms with van der Waals surface area (Å²) in [7, 11) is 1.33. The summed E-state index contributed by atoms with van der Waals surface area (Å²) in [6.45, 7) is 0. The Morgan fingerprint density at radius 3 is 2.67 bits per heavy atom. The Morgan fingerprint density at radius 2 is 2.19 bits per heavy atom. The van der Waals surface area contributed by atoms with Crippen molar-refractivity contribution in [2.75, 3.05) is 12.9 Å². The van der Waals surface area contributed by atoms with Crippen LogP contribution in [0.25, 0.3) is 0 Å². The van der Waals surface area contributed by atoms with E-state index in [-0.39, 0.29) is 16.4 Å². The number of ether oxygens (including phenoxy) is 1. The molecule has 0 unspecified atom stereocenters. The molecule has 0 amide bonds. The lowest BCUT2D eigenvalue weighted by Gasteiger charge is -2.14. The molecule has 0 spiro atoms. The average Bonchev–Trinajstić information content (AvgIpc) is 3.16. The Kier molecular flexibility index (Phi) is 4.72. The maximum Gasteiger partial charge on any atom is 0.417 e. The van der Waals surface area contributed by atoms with Gasteiger partial charge in [0.05, 0.1) is 24.1 Å². The van der Waals surface area contributed by atoms with Crippen LogP contribution in [0.5, 0.6) is 0 Å². The van der Waals surface area contributed by atoms with Gasteiger partial charge in [-0.05, 0) is 24.3 Å². The first-order chi connectivity index (χ1) is 9.76. The van der Waals surface area contributed by atoms with Gasteiger partial charge >= 0.3 is 12.1 Å². The number of esters is 1. The van der Waals surface area contributed by atoms with Crippen LogP contribution in [0, 0.1) is 5.41 Å². The largest absolute Gasteiger partial charge is 0.469 e. The highest BCUT2D eigenvalue weighted by Crippen LogP contribution is 2.52. The quantitative estimate of drug-likeness (QED) is 0.595. The molecule has 8 heteroatoms. The zero-order chi connectivity index (χ0) is 15.7. The predicted octanol–water partition coefficient (Wildman–Crippen LogP) is 4.19. The minimum atomic E-state index is -4.46. The van der Waals surface area contributed by atoms with Crippen LogP contribution in [-0.2, 0) is 15.7 Å². The minimum Gasteiger partial charge on any atom is -0.469 e. The molecule has 116 valence electrons. The van der Waals surface area contributed by atoms with Crippen molar-refractivity contribution in [3.05, 3.63) is 22.8 Å². The summed E-state index contributed by atoms with van der Waals surface area (Å²) in [6, 6.07) is 0.872. The number of halogens is 4. The van der Waals surface area contributed by atoms with Crippen molar-refractivity contribution < 1.29 is 22.7 Å². The maximum atomic E-state index is 12.5. The topological polar surface area (TPSA) is 39.2 Å². The molecule has 21 heavy (non-hydrogen) atoms. The summed E-state index contributed by atoms with van der Waals surface area (Å²) < 4.78 is 42.2. The molecule has 1 fully saturated rings. The van der Waals surface area contributed by atoms with Gasteiger partial charge in [0.25, 0.3) is 0 Å². The highest BCUT2D eigenvalue weighted by Gasteiger charge is 2.44. The number of nitrogens with zero attached hydrogens (tertiary/aromatic N) is 1. The van der Waals surface area contributed by atoms with Gasteiger partial charge in [-0.3, -0.25) is 4.79 Å². The highest BCUT2D eigenvalue weighted by atomic mass is 35.5. The third kappa shape index (κ3) is 4.26. The second-order valence-corrected chi connectivity index (χ2v) is 6.42. The fourth-order valence-electron chi connectivity index (χ4n) is 1.84. The fourth-order valence-corrected chi connectivity index (χ4v) is 3.32. The molecule has 0 atom stereocenters. The number of aromatic nitrogens is 1. The molecule has 1 aromatic rings. The van der Waals surface area contributed by atoms with Crippen molar-refractivity contribution >= 4 is 29.3 Å². The first-order valence-electron chi connectivity index (χ1n) is 6.18. The molecular weight excluding hydrogens is 327 g/mol. The van der Waals surface area contributed by atoms with Crippen molar-refractivity contribution in [3.8, 4) is 0 Å². The van der Waals surface area contributed by atoms with E-state index in [1.54, 1.807) is 0 Å². The van der Waals surface area contributed by atoms with Gasteiger partial charge < -0.3 is 4.74 Å². The van der Waals surface area contributed by atoms with Crippen molar-refractivity contribution in [1.82, 2.24) is 4.98 Å². The summed E-state index contributed by atoms with van der Waals surface area (Å²) in [5.74, 6) is 0.305. The second-order valence-electron chi connectivity index (χ2n) is 5.05. The van der Waals surface area contributed by atoms with E-state index in [0.29, 0.717) is 17.2 Å². The first-order valence-corrected chi connectivity index (χ1v) is 7.54. The number of thioether (sulfide) groups is 1. The molecule has 1 saturated carbocycles. The average molecular weight is 340 g/mol. The van der Waals surface area contributed by atoms with E-state index in [1.165, 1.54) is 18.9 Å². The molecule has 3 nitrogen and oxygen atoms in total. The van der Waals surface area contributed by atoms with E-state index in [2.05, 4.69) is 9.72 Å². The Balaban J connectivity index is 2.00. The van der Waals surface area contributed by atoms with Crippen LogP contribution in [-0.4, -0.2) is 23.8 Å². The lowest BCUT2D eigenvalue weighted by Crippen LogP contribution is -2.13. The van der Waals surface area contributed by atoms with Crippen LogP contribution in [0.2, 0.25) is 5.02 Å². The third-order valence-corrected chi connectivity index (χ3v) is 5.11. The maximum absolute atomic E-state index is 12.5. The van der Waals surface area contributed by atoms with Crippen LogP contribution in [0.4, 0.5) is 13.2 Å². The Morgan fingerprint density at radius 1 is 1.52 bits per heavy atom. The van der Waals surface area contributed by atoms with E-state index in [9.17, 15) is 18.0 Å². The monoisotopic (exact) mass is 339 g/mol. The molecule has 0 bridgehead atoms. The molecule has 1 aliphatic rings. The van der Waals surface area contributed by atoms with Crippen LogP contribution >= 0.6 is 23.4 Å². The number of rotatable bonds is 5. The zero-order valence-electron chi connectivity index (χ0n) is 11.2. The van der Waals surface area contributed by atoms with Crippen molar-refractivity contribution in [2.45, 2.75) is 30.5 Å². The lowest BCUT2D eigenvalue weighted by molar-refractivity contribution is -0.142. The SMILES string of the molecule is COC(=O)CC1(CSc2ncc(C(F)(F)F)cc2Cl)CC1. The van der Waals surface area contributed by atoms with E-state index < -0.39 is 11.7 Å². The van der Waals surface area contributed by atoms with Gasteiger partial charge in [0.1, 0.15) is 5.03 Å². The molecule has 1 aliphatic carbocycles. The minimum absolute atomic E-state index is 0.0244. The lowest BCUT2D eigenvalue weighted by atomic mass is 10.1. The Labute approximate surface area is 129 Å². The molecule has 1 aromatic heterocycles. The number of alkyl halides is 3. The normalized spacial score (nSPS) is 16.6. The standard InChI is InChI=1S/C13H13ClF3NO2S/c1-20-10(19)5-12(2-3-12)7-21-11-9(14)4-8(6-18-11)13(15,16)17/h4,6H,2-3,5,7H2,1H3. The fraction of sp³-hybridized carbons (Fsp3) is 0.538. The Hall–Kier alpha value is -0.950. The summed E-state index contributed by atoms with van der Waals surface area (Å²) in [6.07, 6.45) is -1.58. The predicted molar refractivity (Wildman–Crippen MR) is 73.3 cm³/mol. The summed E-state index contributed by atoms with van der Waals surface area (Å²) in [5, 5.41) is 0.324. The number of carbonyl (C=O) groups excluding carboxylic acids is 1. The number of methoxy groups -OCH3 is 1. The molecular formula is C13H13ClF3NO2S. The van der Waals surface area contributed by atoms with Crippen molar-refractivity contribution in [1.29, 1.82) is 0 Å². The summed E-state index contributed by atoms with van der Waals surface area (Å²) in [4.78, 5) is 15.1. The van der Waals surface area contributed by atoms with Gasteiger partial charge in [0.2, 0.25) is 0 Å². The number of hydrogen-bond acceptors (Lipinski definition) is 4. The molecule has 0 N–H and O–H groups in total. The molecule has 0 aliphatic heterocycles. The highest BCUT2D eigenvalue weighted by molar-refractivity contribution is 7.99. The van der Waals surface area contributed by atoms with E-state index in [1.807, 2.05) is 0 Å². The van der Waals surface area contributed by atoms with E-state index >= 15 is 0 Å². The van der Waals surface area contributed by atoms with E-state index in [4.69, 9.17) is 11.6 Å². The summed E-state index contributed by atoms with van der Waals surface area (Å²) >= 11 is 7.11.